The van der Waals surface area contributed by atoms with Crippen molar-refractivity contribution in [3.05, 3.63) is 76.4 Å². The number of carbonyl (C=O) groups is 1. The third kappa shape index (κ3) is 4.72. The average Bonchev–Trinajstić information content (AvgIpc) is 3.43. The molecule has 4 aromatic rings. The molecule has 0 aliphatic carbocycles. The van der Waals surface area contributed by atoms with Gasteiger partial charge in [0.1, 0.15) is 17.3 Å². The predicted octanol–water partition coefficient (Wildman–Crippen LogP) is 3.10. The van der Waals surface area contributed by atoms with Crippen molar-refractivity contribution in [2.75, 3.05) is 11.9 Å². The molecule has 0 unspecified atom stereocenters. The van der Waals surface area contributed by atoms with Crippen molar-refractivity contribution in [3.8, 4) is 23.2 Å². The first-order valence-corrected chi connectivity index (χ1v) is 9.75. The number of furan rings is 1. The summed E-state index contributed by atoms with van der Waals surface area (Å²) >= 11 is 0. The Labute approximate surface area is 177 Å². The molecule has 0 aliphatic heterocycles. The smallest absolute Gasteiger partial charge is 0.263 e. The first-order valence-electron chi connectivity index (χ1n) is 9.75. The molecule has 158 valence electrons. The summed E-state index contributed by atoms with van der Waals surface area (Å²) in [6.07, 6.45) is 2.11. The molecule has 1 aromatic carbocycles. The Morgan fingerprint density at radius 2 is 2.03 bits per heavy atom. The highest BCUT2D eigenvalue weighted by atomic mass is 16.5. The fourth-order valence-electron chi connectivity index (χ4n) is 2.91. The van der Waals surface area contributed by atoms with Gasteiger partial charge in [0.25, 0.3) is 11.5 Å². The highest BCUT2D eigenvalue weighted by Gasteiger charge is 2.17. The van der Waals surface area contributed by atoms with Crippen LogP contribution < -0.4 is 15.6 Å². The van der Waals surface area contributed by atoms with Gasteiger partial charge in [-0.05, 0) is 37.6 Å². The third-order valence-electron chi connectivity index (χ3n) is 4.49. The van der Waals surface area contributed by atoms with Gasteiger partial charge < -0.3 is 14.5 Å². The normalized spacial score (nSPS) is 10.8. The van der Waals surface area contributed by atoms with E-state index in [9.17, 15) is 9.59 Å². The Morgan fingerprint density at radius 3 is 2.74 bits per heavy atom. The van der Waals surface area contributed by atoms with E-state index in [0.717, 1.165) is 5.56 Å². The molecule has 0 bridgehead atoms. The number of hydrogen-bond acceptors (Lipinski definition) is 6. The molecule has 3 aromatic heterocycles. The van der Waals surface area contributed by atoms with Crippen molar-refractivity contribution >= 4 is 11.7 Å². The van der Waals surface area contributed by atoms with Gasteiger partial charge in [0.05, 0.1) is 6.26 Å². The Bertz CT molecular complexity index is 1240. The summed E-state index contributed by atoms with van der Waals surface area (Å²) in [6.45, 7) is 3.68. The summed E-state index contributed by atoms with van der Waals surface area (Å²) in [5.41, 5.74) is 1.87. The lowest BCUT2D eigenvalue weighted by atomic mass is 10.2. The van der Waals surface area contributed by atoms with Crippen LogP contribution in [-0.4, -0.2) is 32.3 Å². The van der Waals surface area contributed by atoms with E-state index in [4.69, 9.17) is 9.15 Å². The zero-order chi connectivity index (χ0) is 21.8. The number of benzene rings is 1. The van der Waals surface area contributed by atoms with Crippen LogP contribution in [0.1, 0.15) is 18.2 Å². The van der Waals surface area contributed by atoms with E-state index in [-0.39, 0.29) is 24.0 Å². The standard InChI is InChI=1S/C22H21N5O4/c1-3-15-11-20(28)25-22(23-15)27-19(12-17(26-27)18-5-4-10-30-18)24-21(29)13-31-16-8-6-14(2)7-9-16/h4-12H,3,13H2,1-2H3,(H,24,29)(H,23,25,28). The van der Waals surface area contributed by atoms with Crippen LogP contribution in [0.2, 0.25) is 0 Å². The second-order valence-corrected chi connectivity index (χ2v) is 6.87. The van der Waals surface area contributed by atoms with E-state index in [1.807, 2.05) is 26.0 Å². The summed E-state index contributed by atoms with van der Waals surface area (Å²) < 4.78 is 12.3. The van der Waals surface area contributed by atoms with E-state index in [0.29, 0.717) is 35.1 Å². The fraction of sp³-hybridized carbons (Fsp3) is 0.182. The molecule has 9 nitrogen and oxygen atoms in total. The molecule has 0 saturated heterocycles. The molecule has 4 rings (SSSR count). The maximum absolute atomic E-state index is 12.5. The number of nitrogens with zero attached hydrogens (tertiary/aromatic N) is 3. The largest absolute Gasteiger partial charge is 0.484 e. The van der Waals surface area contributed by atoms with E-state index < -0.39 is 0 Å². The minimum Gasteiger partial charge on any atom is -0.484 e. The van der Waals surface area contributed by atoms with Gasteiger partial charge in [-0.2, -0.15) is 9.78 Å². The molecule has 0 atom stereocenters. The number of aromatic amines is 1. The van der Waals surface area contributed by atoms with Crippen molar-refractivity contribution in [3.63, 3.8) is 0 Å². The van der Waals surface area contributed by atoms with Crippen LogP contribution in [0.3, 0.4) is 0 Å². The number of aryl methyl sites for hydroxylation is 2. The molecule has 1 amide bonds. The van der Waals surface area contributed by atoms with Gasteiger partial charge in [-0.3, -0.25) is 14.6 Å². The number of carbonyl (C=O) groups excluding carboxylic acids is 1. The van der Waals surface area contributed by atoms with E-state index >= 15 is 0 Å². The Kier molecular flexibility index (Phi) is 5.65. The van der Waals surface area contributed by atoms with Crippen LogP contribution in [0.25, 0.3) is 17.4 Å². The number of aromatic nitrogens is 4. The first kappa shape index (κ1) is 20.1. The van der Waals surface area contributed by atoms with E-state index in [1.165, 1.54) is 17.0 Å². The average molecular weight is 419 g/mol. The van der Waals surface area contributed by atoms with Crippen molar-refractivity contribution in [2.45, 2.75) is 20.3 Å². The SMILES string of the molecule is CCc1cc(=O)[nH]c(-n2nc(-c3ccco3)cc2NC(=O)COc2ccc(C)cc2)n1. The molecule has 0 spiro atoms. The third-order valence-corrected chi connectivity index (χ3v) is 4.49. The number of anilines is 1. The van der Waals surface area contributed by atoms with Gasteiger partial charge in [-0.15, -0.1) is 0 Å². The maximum Gasteiger partial charge on any atom is 0.263 e. The second-order valence-electron chi connectivity index (χ2n) is 6.87. The Hall–Kier alpha value is -4.14. The Morgan fingerprint density at radius 1 is 1.23 bits per heavy atom. The Balaban J connectivity index is 1.61. The highest BCUT2D eigenvalue weighted by molar-refractivity contribution is 5.91. The van der Waals surface area contributed by atoms with Gasteiger partial charge in [-0.25, -0.2) is 4.98 Å². The predicted molar refractivity (Wildman–Crippen MR) is 114 cm³/mol. The van der Waals surface area contributed by atoms with Crippen LogP contribution in [-0.2, 0) is 11.2 Å². The molecule has 2 N–H and O–H groups in total. The lowest BCUT2D eigenvalue weighted by Gasteiger charge is -2.10. The van der Waals surface area contributed by atoms with Gasteiger partial charge in [0.15, 0.2) is 12.4 Å². The van der Waals surface area contributed by atoms with Crippen molar-refractivity contribution in [1.29, 1.82) is 0 Å². The molecule has 0 saturated carbocycles. The van der Waals surface area contributed by atoms with Crippen LogP contribution in [0.5, 0.6) is 5.75 Å². The maximum atomic E-state index is 12.5. The molecular formula is C22H21N5O4. The molecule has 0 fully saturated rings. The van der Waals surface area contributed by atoms with Gasteiger partial charge in [0.2, 0.25) is 5.95 Å². The lowest BCUT2D eigenvalue weighted by molar-refractivity contribution is -0.118. The summed E-state index contributed by atoms with van der Waals surface area (Å²) in [5.74, 6) is 1.23. The minimum absolute atomic E-state index is 0.191. The number of rotatable bonds is 7. The van der Waals surface area contributed by atoms with Crippen molar-refractivity contribution in [1.82, 2.24) is 19.7 Å². The van der Waals surface area contributed by atoms with Crippen LogP contribution >= 0.6 is 0 Å². The fourth-order valence-corrected chi connectivity index (χ4v) is 2.91. The number of ether oxygens (including phenoxy) is 1. The molecule has 9 heteroatoms. The van der Waals surface area contributed by atoms with E-state index in [2.05, 4.69) is 20.4 Å². The van der Waals surface area contributed by atoms with Gasteiger partial charge in [0, 0.05) is 17.8 Å². The monoisotopic (exact) mass is 419 g/mol. The summed E-state index contributed by atoms with van der Waals surface area (Å²) in [4.78, 5) is 31.6. The van der Waals surface area contributed by atoms with Crippen LogP contribution in [0.15, 0.2) is 64.0 Å². The molecule has 0 aliphatic rings. The summed E-state index contributed by atoms with van der Waals surface area (Å²) in [6, 6.07) is 14.0. The zero-order valence-corrected chi connectivity index (χ0v) is 17.1. The van der Waals surface area contributed by atoms with Gasteiger partial charge >= 0.3 is 0 Å². The molecular weight excluding hydrogens is 398 g/mol. The van der Waals surface area contributed by atoms with Crippen LogP contribution in [0.4, 0.5) is 5.82 Å². The topological polar surface area (TPSA) is 115 Å². The first-order chi connectivity index (χ1) is 15.0. The van der Waals surface area contributed by atoms with Crippen LogP contribution in [0, 0.1) is 6.92 Å². The molecule has 31 heavy (non-hydrogen) atoms. The second kappa shape index (κ2) is 8.70. The highest BCUT2D eigenvalue weighted by Crippen LogP contribution is 2.24. The summed E-state index contributed by atoms with van der Waals surface area (Å²) in [5, 5.41) is 7.22. The molecule has 3 heterocycles. The lowest BCUT2D eigenvalue weighted by Crippen LogP contribution is -2.23. The van der Waals surface area contributed by atoms with Crippen molar-refractivity contribution < 1.29 is 13.9 Å². The number of nitrogens with one attached hydrogen (secondary N) is 2. The van der Waals surface area contributed by atoms with E-state index in [1.54, 1.807) is 30.3 Å². The minimum atomic E-state index is -0.387. The zero-order valence-electron chi connectivity index (χ0n) is 17.1. The number of hydrogen-bond donors (Lipinski definition) is 2. The number of amides is 1. The quantitative estimate of drug-likeness (QED) is 0.476. The number of H-pyrrole nitrogens is 1. The molecule has 0 radical (unpaired) electrons. The van der Waals surface area contributed by atoms with Crippen molar-refractivity contribution in [2.24, 2.45) is 0 Å². The van der Waals surface area contributed by atoms with Gasteiger partial charge in [-0.1, -0.05) is 24.6 Å². The summed E-state index contributed by atoms with van der Waals surface area (Å²) in [7, 11) is 0.